The molecule has 0 aromatic carbocycles. The summed E-state index contributed by atoms with van der Waals surface area (Å²) in [6, 6.07) is 0. The molecule has 434 valence electrons. The van der Waals surface area contributed by atoms with Crippen molar-refractivity contribution in [1.29, 1.82) is 0 Å². The summed E-state index contributed by atoms with van der Waals surface area (Å²) in [6.45, 7) is 4.69. The van der Waals surface area contributed by atoms with Crippen LogP contribution in [0, 0.1) is 0 Å². The number of carboxylic acids is 1. The monoisotopic (exact) mass is 1070 g/mol. The van der Waals surface area contributed by atoms with Crippen LogP contribution in [-0.2, 0) is 33.3 Å². The van der Waals surface area contributed by atoms with E-state index in [-0.39, 0.29) is 38.6 Å². The van der Waals surface area contributed by atoms with Crippen molar-refractivity contribution >= 4 is 17.9 Å². The van der Waals surface area contributed by atoms with Crippen molar-refractivity contribution in [3.05, 3.63) is 146 Å². The lowest BCUT2D eigenvalue weighted by Gasteiger charge is -2.25. The second-order valence-corrected chi connectivity index (χ2v) is 20.6. The maximum absolute atomic E-state index is 12.8. The highest BCUT2D eigenvalue weighted by Gasteiger charge is 2.25. The predicted molar refractivity (Wildman–Crippen MR) is 327 cm³/mol. The van der Waals surface area contributed by atoms with E-state index in [1.807, 2.05) is 21.1 Å². The molecule has 0 aromatic rings. The van der Waals surface area contributed by atoms with Gasteiger partial charge in [0, 0.05) is 12.8 Å². The van der Waals surface area contributed by atoms with Gasteiger partial charge >= 0.3 is 17.9 Å². The molecule has 77 heavy (non-hydrogen) atoms. The van der Waals surface area contributed by atoms with Gasteiger partial charge in [-0.15, -0.1) is 0 Å². The third kappa shape index (κ3) is 58.7. The van der Waals surface area contributed by atoms with Crippen LogP contribution in [-0.4, -0.2) is 87.4 Å². The van der Waals surface area contributed by atoms with Crippen molar-refractivity contribution in [3.8, 4) is 0 Å². The number of ether oxygens (including phenoxy) is 4. The van der Waals surface area contributed by atoms with E-state index in [1.54, 1.807) is 0 Å². The molecule has 0 heterocycles. The van der Waals surface area contributed by atoms with E-state index in [9.17, 15) is 19.5 Å². The van der Waals surface area contributed by atoms with Gasteiger partial charge in [0.05, 0.1) is 34.4 Å². The largest absolute Gasteiger partial charge is 0.477 e. The van der Waals surface area contributed by atoms with Crippen molar-refractivity contribution < 1.29 is 42.9 Å². The Morgan fingerprint density at radius 1 is 0.403 bits per heavy atom. The second kappa shape index (κ2) is 57.3. The van der Waals surface area contributed by atoms with Gasteiger partial charge in [0.15, 0.2) is 6.10 Å². The number of nitrogens with zero attached hydrogens (tertiary/aromatic N) is 1. The van der Waals surface area contributed by atoms with Crippen LogP contribution < -0.4 is 0 Å². The number of carboxylic acid groups (broad SMARTS) is 1. The summed E-state index contributed by atoms with van der Waals surface area (Å²) in [4.78, 5) is 37.3. The lowest BCUT2D eigenvalue weighted by molar-refractivity contribution is -0.870. The maximum atomic E-state index is 12.8. The highest BCUT2D eigenvalue weighted by molar-refractivity contribution is 5.71. The molecule has 1 N–H and O–H groups in total. The van der Waals surface area contributed by atoms with Crippen LogP contribution in [0.4, 0.5) is 0 Å². The number of hydrogen-bond donors (Lipinski definition) is 1. The molecule has 9 nitrogen and oxygen atoms in total. The zero-order valence-electron chi connectivity index (χ0n) is 49.3. The minimum Gasteiger partial charge on any atom is -0.477 e. The van der Waals surface area contributed by atoms with E-state index in [0.717, 1.165) is 109 Å². The van der Waals surface area contributed by atoms with E-state index in [2.05, 4.69) is 160 Å². The fourth-order valence-electron chi connectivity index (χ4n) is 7.52. The summed E-state index contributed by atoms with van der Waals surface area (Å²) in [5.41, 5.74) is 0. The number of hydrogen-bond acceptors (Lipinski definition) is 7. The van der Waals surface area contributed by atoms with Gasteiger partial charge in [0.1, 0.15) is 13.2 Å². The predicted octanol–water partition coefficient (Wildman–Crippen LogP) is 18.0. The molecule has 0 bridgehead atoms. The minimum absolute atomic E-state index is 0.173. The Kier molecular flexibility index (Phi) is 53.8. The van der Waals surface area contributed by atoms with E-state index >= 15 is 0 Å². The second-order valence-electron chi connectivity index (χ2n) is 20.6. The van der Waals surface area contributed by atoms with Gasteiger partial charge < -0.3 is 28.5 Å². The van der Waals surface area contributed by atoms with Crippen molar-refractivity contribution in [3.63, 3.8) is 0 Å². The van der Waals surface area contributed by atoms with Crippen LogP contribution in [0.3, 0.4) is 0 Å². The van der Waals surface area contributed by atoms with Gasteiger partial charge in [0.25, 0.3) is 6.29 Å². The molecule has 0 rings (SSSR count). The molecule has 0 spiro atoms. The van der Waals surface area contributed by atoms with Crippen LogP contribution in [0.5, 0.6) is 0 Å². The van der Waals surface area contributed by atoms with Crippen molar-refractivity contribution in [2.24, 2.45) is 0 Å². The van der Waals surface area contributed by atoms with Gasteiger partial charge in [-0.1, -0.05) is 237 Å². The summed E-state index contributed by atoms with van der Waals surface area (Å²) in [6.07, 6.45) is 80.9. The standard InChI is InChI=1S/C68H109NO8/c1-6-8-10-12-14-16-18-20-21-22-23-24-25-26-27-28-29-30-31-32-33-34-35-36-37-38-39-40-41-42-43-44-45-47-49-51-53-55-57-59-66(71)77-64(63-76-68(67(72)73)74-61-60-69(3,4)5)62-75-65(70)58-56-54-52-50-48-46-19-17-15-13-11-9-7-2/h8,10,14,16,20-21,23-24,26-27,29-30,32-33,35-36,38-39,41-42,44-45,49,51,64,68H,6-7,9,11-13,15,17-19,22,25,28,31,34,37,40,43,46-48,50,52-63H2,1-5H3/p+1/b10-8-,16-14-,21-20-,24-23-,27-26-,30-29-,33-32-,36-35-,39-38-,42-41-,45-44-,51-49-. The fraction of sp³-hybridized carbons (Fsp3) is 0.603. The average molecular weight is 1070 g/mol. The molecule has 2 unspecified atom stereocenters. The molecule has 0 radical (unpaired) electrons. The first-order chi connectivity index (χ1) is 37.6. The topological polar surface area (TPSA) is 108 Å². The van der Waals surface area contributed by atoms with E-state index in [1.165, 1.54) is 64.2 Å². The number of quaternary nitrogens is 1. The van der Waals surface area contributed by atoms with Crippen LogP contribution in [0.15, 0.2) is 146 Å². The van der Waals surface area contributed by atoms with Gasteiger partial charge in [-0.2, -0.15) is 0 Å². The Bertz CT molecular complexity index is 1770. The van der Waals surface area contributed by atoms with Gasteiger partial charge in [-0.25, -0.2) is 4.79 Å². The number of aliphatic carboxylic acids is 1. The van der Waals surface area contributed by atoms with E-state index in [0.29, 0.717) is 17.4 Å². The number of carbonyl (C=O) groups is 3. The molecule has 2 atom stereocenters. The maximum Gasteiger partial charge on any atom is 0.361 e. The molecule has 0 fully saturated rings. The summed E-state index contributed by atoms with van der Waals surface area (Å²) in [7, 11) is 5.94. The number of esters is 2. The van der Waals surface area contributed by atoms with Crippen LogP contribution in [0.2, 0.25) is 0 Å². The lowest BCUT2D eigenvalue weighted by atomic mass is 10.0. The molecule has 0 aliphatic carbocycles. The number of carbonyl (C=O) groups excluding carboxylic acids is 2. The summed E-state index contributed by atoms with van der Waals surface area (Å²) in [5, 5.41) is 9.68. The summed E-state index contributed by atoms with van der Waals surface area (Å²) >= 11 is 0. The van der Waals surface area contributed by atoms with E-state index in [4.69, 9.17) is 18.9 Å². The molecule has 0 saturated carbocycles. The number of unbranched alkanes of at least 4 members (excludes halogenated alkanes) is 14. The first kappa shape index (κ1) is 72.2. The number of rotatable bonds is 53. The van der Waals surface area contributed by atoms with Crippen LogP contribution >= 0.6 is 0 Å². The Labute approximate surface area is 471 Å². The molecular formula is C68H110NO8+. The van der Waals surface area contributed by atoms with Crippen LogP contribution in [0.25, 0.3) is 0 Å². The SMILES string of the molecule is CC/C=C\C/C=C\C/C=C\C/C=C\C/C=C\C/C=C\C/C=C\C/C=C\C/C=C\C/C=C\C/C=C\C/C=C\CCCCC(=O)OC(COC(=O)CCCCCCCCCCCCCCC)COC(OCC[N+](C)(C)C)C(=O)O. The third-order valence-corrected chi connectivity index (χ3v) is 12.1. The lowest BCUT2D eigenvalue weighted by Crippen LogP contribution is -2.40. The third-order valence-electron chi connectivity index (χ3n) is 12.1. The number of likely N-dealkylation sites (N-methyl/N-ethyl adjacent to an activating group) is 1. The summed E-state index contributed by atoms with van der Waals surface area (Å²) < 4.78 is 22.8. The first-order valence-corrected chi connectivity index (χ1v) is 30.0. The van der Waals surface area contributed by atoms with Crippen molar-refractivity contribution in [2.75, 3.05) is 47.5 Å². The minimum atomic E-state index is -1.53. The average Bonchev–Trinajstić information content (AvgIpc) is 3.40. The fourth-order valence-corrected chi connectivity index (χ4v) is 7.52. The molecular weight excluding hydrogens is 959 g/mol. The quantitative estimate of drug-likeness (QED) is 0.0211. The highest BCUT2D eigenvalue weighted by atomic mass is 16.7. The zero-order chi connectivity index (χ0) is 56.2. The molecule has 9 heteroatoms. The van der Waals surface area contributed by atoms with Crippen LogP contribution in [0.1, 0.15) is 206 Å². The van der Waals surface area contributed by atoms with Crippen molar-refractivity contribution in [1.82, 2.24) is 0 Å². The Morgan fingerprint density at radius 2 is 0.740 bits per heavy atom. The molecule has 0 aliphatic heterocycles. The Morgan fingerprint density at radius 3 is 1.10 bits per heavy atom. The van der Waals surface area contributed by atoms with Gasteiger partial charge in [-0.3, -0.25) is 9.59 Å². The normalized spacial score (nSPS) is 13.8. The van der Waals surface area contributed by atoms with Gasteiger partial charge in [0.2, 0.25) is 0 Å². The smallest absolute Gasteiger partial charge is 0.361 e. The Balaban J connectivity index is 4.29. The Hall–Kier alpha value is -4.83. The molecule has 0 amide bonds. The summed E-state index contributed by atoms with van der Waals surface area (Å²) in [5.74, 6) is -2.08. The van der Waals surface area contributed by atoms with Gasteiger partial charge in [-0.05, 0) is 103 Å². The van der Waals surface area contributed by atoms with E-state index < -0.39 is 24.3 Å². The highest BCUT2D eigenvalue weighted by Crippen LogP contribution is 2.14. The zero-order valence-corrected chi connectivity index (χ0v) is 49.3. The molecule has 0 aliphatic rings. The molecule has 0 aromatic heterocycles. The molecule has 0 saturated heterocycles. The first-order valence-electron chi connectivity index (χ1n) is 30.0. The number of allylic oxidation sites excluding steroid dienone is 24. The van der Waals surface area contributed by atoms with Crippen molar-refractivity contribution in [2.45, 2.75) is 219 Å².